The number of nitrogens with zero attached hydrogens (tertiary/aromatic N) is 7. The van der Waals surface area contributed by atoms with Crippen molar-refractivity contribution in [3.05, 3.63) is 69.4 Å². The first-order valence-electron chi connectivity index (χ1n) is 10.8. The number of hydrogen-bond acceptors (Lipinski definition) is 6. The molecule has 0 fully saturated rings. The van der Waals surface area contributed by atoms with Crippen molar-refractivity contribution in [3.63, 3.8) is 0 Å². The van der Waals surface area contributed by atoms with E-state index in [0.29, 0.717) is 18.1 Å². The van der Waals surface area contributed by atoms with E-state index in [4.69, 9.17) is 16.6 Å². The average Bonchev–Trinajstić information content (AvgIpc) is 3.57. The molecule has 0 unspecified atom stereocenters. The summed E-state index contributed by atoms with van der Waals surface area (Å²) in [4.78, 5) is 20.9. The molecule has 1 N–H and O–H groups in total. The predicted molar refractivity (Wildman–Crippen MR) is 132 cm³/mol. The number of pyridine rings is 1. The van der Waals surface area contributed by atoms with Gasteiger partial charge in [0.05, 0.1) is 6.54 Å². The molecule has 5 rings (SSSR count). The molecule has 0 bridgehead atoms. The van der Waals surface area contributed by atoms with Gasteiger partial charge in [0.15, 0.2) is 11.4 Å². The van der Waals surface area contributed by atoms with E-state index in [9.17, 15) is 4.79 Å². The van der Waals surface area contributed by atoms with Gasteiger partial charge in [-0.3, -0.25) is 9.20 Å². The Morgan fingerprint density at radius 2 is 1.97 bits per heavy atom. The summed E-state index contributed by atoms with van der Waals surface area (Å²) in [5.41, 5.74) is 4.63. The van der Waals surface area contributed by atoms with Crippen LogP contribution >= 0.6 is 27.5 Å². The number of aromatic nitrogens is 8. The molecule has 0 aliphatic carbocycles. The second-order valence-corrected chi connectivity index (χ2v) is 8.92. The van der Waals surface area contributed by atoms with Crippen molar-refractivity contribution in [2.24, 2.45) is 0 Å². The van der Waals surface area contributed by atoms with Crippen LogP contribution in [-0.2, 0) is 13.0 Å². The molecular formula is C23H20BrClN8O. The average molecular weight is 540 g/mol. The van der Waals surface area contributed by atoms with Crippen LogP contribution in [0, 0.1) is 0 Å². The summed E-state index contributed by atoms with van der Waals surface area (Å²) >= 11 is 9.97. The van der Waals surface area contributed by atoms with E-state index < -0.39 is 0 Å². The fourth-order valence-corrected chi connectivity index (χ4v) is 4.79. The largest absolute Gasteiger partial charge is 0.320 e. The van der Waals surface area contributed by atoms with Crippen molar-refractivity contribution in [1.29, 1.82) is 0 Å². The minimum atomic E-state index is 0.242. The van der Waals surface area contributed by atoms with Crippen LogP contribution in [0.25, 0.3) is 28.3 Å². The Morgan fingerprint density at radius 1 is 1.15 bits per heavy atom. The third-order valence-electron chi connectivity index (χ3n) is 5.64. The SMILES string of the molecule is CCCCc1nc(Cl)c(C=O)n1Cc1ccc2nc(-c3ccccc3-c3nn[nH]n3)c(Br)n2c1. The van der Waals surface area contributed by atoms with Gasteiger partial charge in [-0.2, -0.15) is 5.21 Å². The Labute approximate surface area is 208 Å². The van der Waals surface area contributed by atoms with Crippen molar-refractivity contribution >= 4 is 39.5 Å². The number of unbranched alkanes of at least 4 members (excludes halogenated alkanes) is 1. The fraction of sp³-hybridized carbons (Fsp3) is 0.217. The molecule has 5 aromatic rings. The first-order valence-corrected chi connectivity index (χ1v) is 12.0. The maximum absolute atomic E-state index is 11.7. The van der Waals surface area contributed by atoms with Gasteiger partial charge in [0.25, 0.3) is 0 Å². The number of benzene rings is 1. The predicted octanol–water partition coefficient (Wildman–Crippen LogP) is 5.00. The molecule has 11 heteroatoms. The molecule has 172 valence electrons. The lowest BCUT2D eigenvalue weighted by atomic mass is 10.0. The fourth-order valence-electron chi connectivity index (χ4n) is 3.96. The summed E-state index contributed by atoms with van der Waals surface area (Å²) in [6, 6.07) is 11.7. The highest BCUT2D eigenvalue weighted by atomic mass is 79.9. The van der Waals surface area contributed by atoms with Crippen LogP contribution < -0.4 is 0 Å². The highest BCUT2D eigenvalue weighted by molar-refractivity contribution is 9.10. The highest BCUT2D eigenvalue weighted by Gasteiger charge is 2.19. The Morgan fingerprint density at radius 3 is 2.71 bits per heavy atom. The number of carbonyl (C=O) groups is 1. The van der Waals surface area contributed by atoms with Gasteiger partial charge in [-0.05, 0) is 39.2 Å². The van der Waals surface area contributed by atoms with Crippen LogP contribution in [0.4, 0.5) is 0 Å². The van der Waals surface area contributed by atoms with Crippen LogP contribution in [0.3, 0.4) is 0 Å². The number of H-pyrrole nitrogens is 1. The van der Waals surface area contributed by atoms with Crippen LogP contribution in [0.5, 0.6) is 0 Å². The lowest BCUT2D eigenvalue weighted by Crippen LogP contribution is -2.09. The zero-order valence-corrected chi connectivity index (χ0v) is 20.6. The zero-order chi connectivity index (χ0) is 23.7. The number of aromatic amines is 1. The maximum atomic E-state index is 11.7. The number of tetrazole rings is 1. The number of rotatable bonds is 8. The highest BCUT2D eigenvalue weighted by Crippen LogP contribution is 2.35. The number of aldehydes is 1. The van der Waals surface area contributed by atoms with E-state index in [-0.39, 0.29) is 5.15 Å². The monoisotopic (exact) mass is 538 g/mol. The number of imidazole rings is 2. The molecule has 4 heterocycles. The van der Waals surface area contributed by atoms with Crippen LogP contribution in [0.1, 0.15) is 41.6 Å². The van der Waals surface area contributed by atoms with Crippen LogP contribution in [0.15, 0.2) is 47.2 Å². The molecule has 0 spiro atoms. The van der Waals surface area contributed by atoms with Gasteiger partial charge in [-0.25, -0.2) is 9.97 Å². The van der Waals surface area contributed by atoms with Gasteiger partial charge < -0.3 is 4.57 Å². The molecule has 0 amide bonds. The maximum Gasteiger partial charge on any atom is 0.205 e. The van der Waals surface area contributed by atoms with E-state index in [2.05, 4.69) is 48.5 Å². The molecule has 0 atom stereocenters. The third-order valence-corrected chi connectivity index (χ3v) is 6.67. The molecule has 0 saturated heterocycles. The van der Waals surface area contributed by atoms with Gasteiger partial charge in [0.2, 0.25) is 5.82 Å². The molecular weight excluding hydrogens is 520 g/mol. The number of hydrogen-bond donors (Lipinski definition) is 1. The van der Waals surface area contributed by atoms with Gasteiger partial charge >= 0.3 is 0 Å². The first kappa shape index (κ1) is 22.4. The Kier molecular flexibility index (Phi) is 6.25. The second kappa shape index (κ2) is 9.47. The quantitative estimate of drug-likeness (QED) is 0.278. The van der Waals surface area contributed by atoms with Gasteiger partial charge in [0.1, 0.15) is 27.5 Å². The second-order valence-electron chi connectivity index (χ2n) is 7.81. The van der Waals surface area contributed by atoms with Gasteiger partial charge in [-0.1, -0.05) is 55.3 Å². The summed E-state index contributed by atoms with van der Waals surface area (Å²) in [5, 5.41) is 14.7. The smallest absolute Gasteiger partial charge is 0.205 e. The third kappa shape index (κ3) is 4.03. The normalized spacial score (nSPS) is 11.4. The Bertz CT molecular complexity index is 1470. The topological polar surface area (TPSA) is 107 Å². The molecule has 0 saturated carbocycles. The summed E-state index contributed by atoms with van der Waals surface area (Å²) in [6.07, 6.45) is 5.53. The number of carbonyl (C=O) groups excluding carboxylic acids is 1. The summed E-state index contributed by atoms with van der Waals surface area (Å²) in [7, 11) is 0. The summed E-state index contributed by atoms with van der Waals surface area (Å²) in [6.45, 7) is 2.59. The van der Waals surface area contributed by atoms with E-state index in [1.54, 1.807) is 0 Å². The Hall–Kier alpha value is -3.37. The lowest BCUT2D eigenvalue weighted by molar-refractivity contribution is 0.111. The zero-order valence-electron chi connectivity index (χ0n) is 18.2. The molecule has 9 nitrogen and oxygen atoms in total. The standard InChI is InChI=1S/C23H20BrClN8O/c1-2-3-8-18-27-22(25)17(13-34)32(18)11-14-9-10-19-26-20(21(24)33(19)12-14)15-6-4-5-7-16(15)23-28-30-31-29-23/h4-7,9-10,12-13H,2-3,8,11H2,1H3,(H,28,29,30,31). The number of halogens is 2. The van der Waals surface area contributed by atoms with E-state index in [1.165, 1.54) is 0 Å². The van der Waals surface area contributed by atoms with Crippen molar-refractivity contribution < 1.29 is 4.79 Å². The molecule has 34 heavy (non-hydrogen) atoms. The first-order chi connectivity index (χ1) is 16.6. The molecule has 0 aliphatic rings. The summed E-state index contributed by atoms with van der Waals surface area (Å²) in [5.74, 6) is 1.31. The lowest BCUT2D eigenvalue weighted by Gasteiger charge is -2.10. The molecule has 1 aromatic carbocycles. The van der Waals surface area contributed by atoms with Crippen molar-refractivity contribution in [2.45, 2.75) is 32.7 Å². The van der Waals surface area contributed by atoms with Crippen LogP contribution in [0.2, 0.25) is 5.15 Å². The van der Waals surface area contributed by atoms with Crippen molar-refractivity contribution in [1.82, 2.24) is 39.6 Å². The van der Waals surface area contributed by atoms with E-state index in [1.807, 2.05) is 51.6 Å². The molecule has 0 radical (unpaired) electrons. The number of nitrogens with one attached hydrogen (secondary N) is 1. The van der Waals surface area contributed by atoms with Crippen molar-refractivity contribution in [2.75, 3.05) is 0 Å². The molecule has 0 aliphatic heterocycles. The van der Waals surface area contributed by atoms with Crippen LogP contribution in [-0.4, -0.2) is 45.8 Å². The van der Waals surface area contributed by atoms with E-state index >= 15 is 0 Å². The molecule has 4 aromatic heterocycles. The number of aryl methyl sites for hydroxylation is 1. The van der Waals surface area contributed by atoms with Gasteiger partial charge in [0, 0.05) is 23.7 Å². The minimum Gasteiger partial charge on any atom is -0.320 e. The summed E-state index contributed by atoms with van der Waals surface area (Å²) < 4.78 is 4.66. The number of fused-ring (bicyclic) bond motifs is 1. The van der Waals surface area contributed by atoms with Gasteiger partial charge in [-0.15, -0.1) is 10.2 Å². The van der Waals surface area contributed by atoms with Crippen molar-refractivity contribution in [3.8, 4) is 22.6 Å². The minimum absolute atomic E-state index is 0.242. The Balaban J connectivity index is 1.55. The van der Waals surface area contributed by atoms with E-state index in [0.717, 1.165) is 64.0 Å².